The fraction of sp³-hybridized carbons (Fsp3) is 0.292. The first-order valence-corrected chi connectivity index (χ1v) is 9.95. The number of anilines is 1. The van der Waals surface area contributed by atoms with E-state index < -0.39 is 11.9 Å². The molecule has 0 aliphatic carbocycles. The lowest BCUT2D eigenvalue weighted by Crippen LogP contribution is -2.16. The van der Waals surface area contributed by atoms with Crippen molar-refractivity contribution in [3.8, 4) is 17.6 Å². The summed E-state index contributed by atoms with van der Waals surface area (Å²) >= 11 is 0. The summed E-state index contributed by atoms with van der Waals surface area (Å²) in [6.07, 6.45) is 4.59. The number of amides is 1. The molecule has 0 heterocycles. The monoisotopic (exact) mass is 422 g/mol. The lowest BCUT2D eigenvalue weighted by molar-refractivity contribution is -0.112. The van der Waals surface area contributed by atoms with Crippen LogP contribution in [0.5, 0.6) is 11.5 Å². The maximum Gasteiger partial charge on any atom is 0.339 e. The third-order valence-electron chi connectivity index (χ3n) is 4.45. The highest BCUT2D eigenvalue weighted by atomic mass is 16.5. The minimum absolute atomic E-state index is 0.127. The molecule has 2 rings (SSSR count). The first-order valence-electron chi connectivity index (χ1n) is 9.95. The van der Waals surface area contributed by atoms with E-state index in [2.05, 4.69) is 12.2 Å². The van der Waals surface area contributed by atoms with Crippen molar-refractivity contribution in [1.82, 2.24) is 0 Å². The maximum absolute atomic E-state index is 12.6. The number of nitrogens with one attached hydrogen (secondary N) is 1. The summed E-state index contributed by atoms with van der Waals surface area (Å²) in [5, 5.41) is 12.1. The number of ether oxygens (including phenoxy) is 3. The zero-order valence-corrected chi connectivity index (χ0v) is 17.9. The number of rotatable bonds is 10. The lowest BCUT2D eigenvalue weighted by Gasteiger charge is -2.11. The van der Waals surface area contributed by atoms with Gasteiger partial charge in [-0.1, -0.05) is 38.0 Å². The van der Waals surface area contributed by atoms with Crippen LogP contribution in [0.2, 0.25) is 0 Å². The largest absolute Gasteiger partial charge is 0.493 e. The van der Waals surface area contributed by atoms with Gasteiger partial charge in [0.15, 0.2) is 11.5 Å². The Hall–Kier alpha value is -3.79. The topological polar surface area (TPSA) is 97.7 Å². The van der Waals surface area contributed by atoms with Crippen LogP contribution in [0, 0.1) is 11.3 Å². The molecule has 0 unspecified atom stereocenters. The van der Waals surface area contributed by atoms with Crippen LogP contribution in [-0.4, -0.2) is 32.7 Å². The summed E-state index contributed by atoms with van der Waals surface area (Å²) in [4.78, 5) is 24.5. The van der Waals surface area contributed by atoms with Gasteiger partial charge in [-0.2, -0.15) is 5.26 Å². The van der Waals surface area contributed by atoms with Crippen LogP contribution < -0.4 is 14.8 Å². The number of carbonyl (C=O) groups is 2. The standard InChI is InChI=1S/C24H26N2O5/c1-4-5-8-13-31-21-12-11-17(15-22(21)29-2)14-18(16-25)23(27)26-20-10-7-6-9-19(20)24(28)30-3/h6-7,9-12,14-15H,4-5,8,13H2,1-3H3,(H,26,27)/b18-14+. The third-order valence-corrected chi connectivity index (χ3v) is 4.45. The van der Waals surface area contributed by atoms with Crippen LogP contribution in [0.25, 0.3) is 6.08 Å². The fourth-order valence-electron chi connectivity index (χ4n) is 2.81. The van der Waals surface area contributed by atoms with Crippen molar-refractivity contribution < 1.29 is 23.8 Å². The highest BCUT2D eigenvalue weighted by Gasteiger charge is 2.16. The molecular formula is C24H26N2O5. The molecule has 0 fully saturated rings. The second-order valence-electron chi connectivity index (χ2n) is 6.63. The number of unbranched alkanes of at least 4 members (excludes halogenated alkanes) is 2. The molecule has 1 amide bonds. The summed E-state index contributed by atoms with van der Waals surface area (Å²) in [5.74, 6) is -0.111. The number of hydrogen-bond donors (Lipinski definition) is 1. The van der Waals surface area contributed by atoms with Crippen LogP contribution >= 0.6 is 0 Å². The van der Waals surface area contributed by atoms with Crippen molar-refractivity contribution in [2.24, 2.45) is 0 Å². The molecule has 31 heavy (non-hydrogen) atoms. The van der Waals surface area contributed by atoms with E-state index in [0.717, 1.165) is 19.3 Å². The van der Waals surface area contributed by atoms with E-state index >= 15 is 0 Å². The van der Waals surface area contributed by atoms with Gasteiger partial charge in [0.1, 0.15) is 11.6 Å². The van der Waals surface area contributed by atoms with Gasteiger partial charge < -0.3 is 19.5 Å². The van der Waals surface area contributed by atoms with Gasteiger partial charge in [-0.25, -0.2) is 4.79 Å². The zero-order chi connectivity index (χ0) is 22.6. The van der Waals surface area contributed by atoms with Crippen molar-refractivity contribution in [2.45, 2.75) is 26.2 Å². The van der Waals surface area contributed by atoms with Gasteiger partial charge in [-0.15, -0.1) is 0 Å². The van der Waals surface area contributed by atoms with E-state index in [1.807, 2.05) is 6.07 Å². The molecule has 0 aliphatic rings. The average molecular weight is 422 g/mol. The van der Waals surface area contributed by atoms with Crippen LogP contribution in [0.3, 0.4) is 0 Å². The number of nitrogens with zero attached hydrogens (tertiary/aromatic N) is 1. The summed E-state index contributed by atoms with van der Waals surface area (Å²) < 4.78 is 15.9. The molecule has 0 atom stereocenters. The third kappa shape index (κ3) is 6.61. The molecule has 0 radical (unpaired) electrons. The number of para-hydroxylation sites is 1. The van der Waals surface area contributed by atoms with Crippen LogP contribution in [-0.2, 0) is 9.53 Å². The molecule has 1 N–H and O–H groups in total. The molecule has 0 saturated carbocycles. The maximum atomic E-state index is 12.6. The Morgan fingerprint density at radius 3 is 2.55 bits per heavy atom. The van der Waals surface area contributed by atoms with Gasteiger partial charge in [-0.05, 0) is 42.3 Å². The van der Waals surface area contributed by atoms with E-state index in [0.29, 0.717) is 23.7 Å². The Labute approximate surface area is 182 Å². The number of methoxy groups -OCH3 is 2. The van der Waals surface area contributed by atoms with E-state index in [-0.39, 0.29) is 16.8 Å². The van der Waals surface area contributed by atoms with Gasteiger partial charge in [0.2, 0.25) is 0 Å². The van der Waals surface area contributed by atoms with E-state index in [9.17, 15) is 14.9 Å². The Morgan fingerprint density at radius 2 is 1.87 bits per heavy atom. The van der Waals surface area contributed by atoms with E-state index in [4.69, 9.17) is 14.2 Å². The van der Waals surface area contributed by atoms with Gasteiger partial charge in [0.25, 0.3) is 5.91 Å². The number of carbonyl (C=O) groups excluding carboxylic acids is 2. The Morgan fingerprint density at radius 1 is 1.10 bits per heavy atom. The molecule has 0 saturated heterocycles. The first kappa shape index (κ1) is 23.5. The van der Waals surface area contributed by atoms with Crippen molar-refractivity contribution in [3.63, 3.8) is 0 Å². The highest BCUT2D eigenvalue weighted by Crippen LogP contribution is 2.29. The molecular weight excluding hydrogens is 396 g/mol. The predicted molar refractivity (Wildman–Crippen MR) is 118 cm³/mol. The molecule has 162 valence electrons. The molecule has 0 aliphatic heterocycles. The van der Waals surface area contributed by atoms with Gasteiger partial charge >= 0.3 is 5.97 Å². The number of benzene rings is 2. The molecule has 7 nitrogen and oxygen atoms in total. The minimum Gasteiger partial charge on any atom is -0.493 e. The smallest absolute Gasteiger partial charge is 0.339 e. The Bertz CT molecular complexity index is 992. The quantitative estimate of drug-likeness (QED) is 0.260. The van der Waals surface area contributed by atoms with Gasteiger partial charge in [-0.3, -0.25) is 4.79 Å². The first-order chi connectivity index (χ1) is 15.0. The number of esters is 1. The average Bonchev–Trinajstić information content (AvgIpc) is 2.80. The summed E-state index contributed by atoms with van der Waals surface area (Å²) in [6.45, 7) is 2.71. The van der Waals surface area contributed by atoms with Crippen molar-refractivity contribution in [1.29, 1.82) is 5.26 Å². The second-order valence-corrected chi connectivity index (χ2v) is 6.63. The number of hydrogen-bond acceptors (Lipinski definition) is 6. The lowest BCUT2D eigenvalue weighted by atomic mass is 10.1. The SMILES string of the molecule is CCCCCOc1ccc(/C=C(\C#N)C(=O)Nc2ccccc2C(=O)OC)cc1OC. The molecule has 7 heteroatoms. The molecule has 0 aromatic heterocycles. The summed E-state index contributed by atoms with van der Waals surface area (Å²) in [6, 6.07) is 13.5. The summed E-state index contributed by atoms with van der Waals surface area (Å²) in [7, 11) is 2.79. The van der Waals surface area contributed by atoms with E-state index in [1.54, 1.807) is 36.4 Å². The van der Waals surface area contributed by atoms with E-state index in [1.165, 1.54) is 26.4 Å². The molecule has 0 spiro atoms. The van der Waals surface area contributed by atoms with Crippen LogP contribution in [0.1, 0.15) is 42.1 Å². The Balaban J connectivity index is 2.20. The Kier molecular flexibility index (Phi) is 9.12. The van der Waals surface area contributed by atoms with Gasteiger partial charge in [0, 0.05) is 0 Å². The highest BCUT2D eigenvalue weighted by molar-refractivity contribution is 6.12. The second kappa shape index (κ2) is 12.0. The zero-order valence-electron chi connectivity index (χ0n) is 17.9. The normalized spacial score (nSPS) is 10.7. The summed E-state index contributed by atoms with van der Waals surface area (Å²) in [5.41, 5.74) is 0.930. The minimum atomic E-state index is -0.641. The molecule has 2 aromatic rings. The molecule has 0 bridgehead atoms. The van der Waals surface area contributed by atoms with Crippen LogP contribution in [0.15, 0.2) is 48.0 Å². The van der Waals surface area contributed by atoms with Crippen molar-refractivity contribution >= 4 is 23.6 Å². The van der Waals surface area contributed by atoms with Crippen molar-refractivity contribution in [2.75, 3.05) is 26.1 Å². The van der Waals surface area contributed by atoms with Gasteiger partial charge in [0.05, 0.1) is 32.1 Å². The predicted octanol–water partition coefficient (Wildman–Crippen LogP) is 4.60. The van der Waals surface area contributed by atoms with Crippen LogP contribution in [0.4, 0.5) is 5.69 Å². The number of nitriles is 1. The molecule has 2 aromatic carbocycles. The van der Waals surface area contributed by atoms with Crippen molar-refractivity contribution in [3.05, 3.63) is 59.2 Å². The fourth-order valence-corrected chi connectivity index (χ4v) is 2.81.